The molecule has 0 aromatic carbocycles. The monoisotopic (exact) mass is 256 g/mol. The maximum absolute atomic E-state index is 11.2. The van der Waals surface area contributed by atoms with Crippen LogP contribution in [-0.2, 0) is 9.53 Å². The molecule has 5 heteroatoms. The van der Waals surface area contributed by atoms with Crippen molar-refractivity contribution < 1.29 is 9.53 Å². The highest BCUT2D eigenvalue weighted by Gasteiger charge is 2.22. The Hall–Kier alpha value is -0.810. The zero-order valence-corrected chi connectivity index (χ0v) is 9.03. The predicted octanol–water partition coefficient (Wildman–Crippen LogP) is 1.66. The number of Topliss-reactive ketones (excluding diaryl/α,β-unsaturated/α-hetero) is 1. The van der Waals surface area contributed by atoms with Crippen LogP contribution >= 0.6 is 15.9 Å². The van der Waals surface area contributed by atoms with E-state index in [2.05, 4.69) is 26.1 Å². The van der Waals surface area contributed by atoms with Gasteiger partial charge >= 0.3 is 0 Å². The summed E-state index contributed by atoms with van der Waals surface area (Å²) in [5, 5.41) is 7.82. The fourth-order valence-electron chi connectivity index (χ4n) is 1.37. The van der Waals surface area contributed by atoms with Gasteiger partial charge in [0.15, 0.2) is 0 Å². The smallest absolute Gasteiger partial charge is 0.138 e. The number of halogens is 1. The lowest BCUT2D eigenvalue weighted by atomic mass is 10.1. The number of rotatable bonds is 1. The van der Waals surface area contributed by atoms with Crippen molar-refractivity contribution in [1.82, 2.24) is 10.2 Å². The molecule has 1 unspecified atom stereocenters. The number of ketones is 1. The minimum absolute atomic E-state index is 0.211. The molecule has 0 radical (unpaired) electrons. The number of aromatic nitrogens is 2. The summed E-state index contributed by atoms with van der Waals surface area (Å²) in [6.45, 7) is 0.487. The van der Waals surface area contributed by atoms with Gasteiger partial charge in [0.1, 0.15) is 16.5 Å². The van der Waals surface area contributed by atoms with Crippen LogP contribution in [0.25, 0.3) is 0 Å². The Morgan fingerprint density at radius 1 is 1.43 bits per heavy atom. The molecule has 0 aliphatic carbocycles. The van der Waals surface area contributed by atoms with Gasteiger partial charge in [-0.15, -0.1) is 5.10 Å². The van der Waals surface area contributed by atoms with E-state index in [-0.39, 0.29) is 11.9 Å². The van der Waals surface area contributed by atoms with Crippen molar-refractivity contribution in [2.45, 2.75) is 18.9 Å². The van der Waals surface area contributed by atoms with E-state index >= 15 is 0 Å². The van der Waals surface area contributed by atoms with E-state index in [0.717, 1.165) is 5.69 Å². The molecule has 14 heavy (non-hydrogen) atoms. The first kappa shape index (κ1) is 9.73. The lowest BCUT2D eigenvalue weighted by Crippen LogP contribution is -2.20. The Morgan fingerprint density at radius 3 is 2.93 bits per heavy atom. The van der Waals surface area contributed by atoms with Crippen LogP contribution in [0.4, 0.5) is 0 Å². The number of hydrogen-bond acceptors (Lipinski definition) is 4. The van der Waals surface area contributed by atoms with E-state index in [9.17, 15) is 4.79 Å². The van der Waals surface area contributed by atoms with Crippen molar-refractivity contribution >= 4 is 21.7 Å². The molecule has 0 bridgehead atoms. The molecule has 1 aliphatic rings. The van der Waals surface area contributed by atoms with Crippen molar-refractivity contribution in [1.29, 1.82) is 0 Å². The SMILES string of the molecule is O=C1CCOC(c2ccc(Br)nn2)C1. The summed E-state index contributed by atoms with van der Waals surface area (Å²) >= 11 is 3.20. The van der Waals surface area contributed by atoms with Gasteiger partial charge in [0.05, 0.1) is 12.3 Å². The van der Waals surface area contributed by atoms with Crippen LogP contribution in [0.3, 0.4) is 0 Å². The average Bonchev–Trinajstić information content (AvgIpc) is 2.19. The lowest BCUT2D eigenvalue weighted by Gasteiger charge is -2.20. The maximum atomic E-state index is 11.2. The third kappa shape index (κ3) is 2.16. The average molecular weight is 257 g/mol. The first-order valence-electron chi connectivity index (χ1n) is 4.38. The maximum Gasteiger partial charge on any atom is 0.138 e. The van der Waals surface area contributed by atoms with Gasteiger partial charge in [0.25, 0.3) is 0 Å². The number of nitrogens with zero attached hydrogens (tertiary/aromatic N) is 2. The summed E-state index contributed by atoms with van der Waals surface area (Å²) in [6, 6.07) is 3.62. The van der Waals surface area contributed by atoms with E-state index in [1.807, 2.05) is 6.07 Å². The van der Waals surface area contributed by atoms with Crippen LogP contribution < -0.4 is 0 Å². The summed E-state index contributed by atoms with van der Waals surface area (Å²) in [5.74, 6) is 0.228. The van der Waals surface area contributed by atoms with Crippen LogP contribution in [0.1, 0.15) is 24.6 Å². The molecular formula is C9H9BrN2O2. The van der Waals surface area contributed by atoms with E-state index in [4.69, 9.17) is 4.74 Å². The summed E-state index contributed by atoms with van der Waals surface area (Å²) in [6.07, 6.45) is 0.716. The molecule has 1 aromatic rings. The molecule has 74 valence electrons. The first-order chi connectivity index (χ1) is 6.75. The second-order valence-corrected chi connectivity index (χ2v) is 3.95. The van der Waals surface area contributed by atoms with Gasteiger partial charge in [-0.25, -0.2) is 0 Å². The van der Waals surface area contributed by atoms with Gasteiger partial charge in [0, 0.05) is 12.8 Å². The normalized spacial score (nSPS) is 22.4. The number of hydrogen-bond donors (Lipinski definition) is 0. The Balaban J connectivity index is 2.14. The molecule has 1 aromatic heterocycles. The van der Waals surface area contributed by atoms with E-state index < -0.39 is 0 Å². The predicted molar refractivity (Wildman–Crippen MR) is 52.7 cm³/mol. The molecule has 0 saturated carbocycles. The summed E-state index contributed by atoms with van der Waals surface area (Å²) in [4.78, 5) is 11.2. The van der Waals surface area contributed by atoms with Crippen LogP contribution in [0.15, 0.2) is 16.7 Å². The topological polar surface area (TPSA) is 52.1 Å². The minimum atomic E-state index is -0.211. The highest BCUT2D eigenvalue weighted by Crippen LogP contribution is 2.24. The standard InChI is InChI=1S/C9H9BrN2O2/c10-9-2-1-7(11-12-9)8-5-6(13)3-4-14-8/h1-2,8H,3-5H2. The number of ether oxygens (including phenoxy) is 1. The first-order valence-corrected chi connectivity index (χ1v) is 5.17. The largest absolute Gasteiger partial charge is 0.371 e. The van der Waals surface area contributed by atoms with Crippen LogP contribution in [-0.4, -0.2) is 22.6 Å². The molecule has 0 amide bonds. The Bertz CT molecular complexity index is 339. The highest BCUT2D eigenvalue weighted by molar-refractivity contribution is 9.10. The van der Waals surface area contributed by atoms with E-state index in [1.54, 1.807) is 6.07 Å². The fraction of sp³-hybridized carbons (Fsp3) is 0.444. The van der Waals surface area contributed by atoms with Crippen LogP contribution in [0.5, 0.6) is 0 Å². The van der Waals surface area contributed by atoms with Gasteiger partial charge in [-0.2, -0.15) is 5.10 Å². The Morgan fingerprint density at radius 2 is 2.29 bits per heavy atom. The van der Waals surface area contributed by atoms with Crippen molar-refractivity contribution in [2.24, 2.45) is 0 Å². The van der Waals surface area contributed by atoms with Gasteiger partial charge in [-0.3, -0.25) is 4.79 Å². The lowest BCUT2D eigenvalue weighted by molar-refractivity contribution is -0.128. The van der Waals surface area contributed by atoms with Crippen molar-refractivity contribution in [3.05, 3.63) is 22.4 Å². The third-order valence-corrected chi connectivity index (χ3v) is 2.52. The van der Waals surface area contributed by atoms with Crippen molar-refractivity contribution in [2.75, 3.05) is 6.61 Å². The molecule has 4 nitrogen and oxygen atoms in total. The summed E-state index contributed by atoms with van der Waals surface area (Å²) < 4.78 is 6.12. The highest BCUT2D eigenvalue weighted by atomic mass is 79.9. The minimum Gasteiger partial charge on any atom is -0.371 e. The zero-order valence-electron chi connectivity index (χ0n) is 7.44. The molecular weight excluding hydrogens is 248 g/mol. The Kier molecular flexibility index (Phi) is 2.88. The zero-order chi connectivity index (χ0) is 9.97. The molecule has 0 N–H and O–H groups in total. The Labute approximate surface area is 89.8 Å². The molecule has 1 saturated heterocycles. The molecule has 1 atom stereocenters. The van der Waals surface area contributed by atoms with Gasteiger partial charge in [0.2, 0.25) is 0 Å². The molecule has 2 heterocycles. The number of carbonyl (C=O) groups excluding carboxylic acids is 1. The van der Waals surface area contributed by atoms with Gasteiger partial charge in [-0.1, -0.05) is 0 Å². The van der Waals surface area contributed by atoms with Gasteiger partial charge < -0.3 is 4.74 Å². The molecule has 2 rings (SSSR count). The summed E-state index contributed by atoms with van der Waals surface area (Å²) in [7, 11) is 0. The second-order valence-electron chi connectivity index (χ2n) is 3.13. The van der Waals surface area contributed by atoms with Gasteiger partial charge in [-0.05, 0) is 28.1 Å². The molecule has 0 spiro atoms. The quantitative estimate of drug-likeness (QED) is 0.767. The molecule has 1 fully saturated rings. The van der Waals surface area contributed by atoms with Crippen molar-refractivity contribution in [3.8, 4) is 0 Å². The fourth-order valence-corrected chi connectivity index (χ4v) is 1.58. The third-order valence-electron chi connectivity index (χ3n) is 2.10. The van der Waals surface area contributed by atoms with E-state index in [1.165, 1.54) is 0 Å². The molecule has 1 aliphatic heterocycles. The second kappa shape index (κ2) is 4.14. The van der Waals surface area contributed by atoms with E-state index in [0.29, 0.717) is 24.1 Å². The van der Waals surface area contributed by atoms with Crippen LogP contribution in [0.2, 0.25) is 0 Å². The van der Waals surface area contributed by atoms with Crippen LogP contribution in [0, 0.1) is 0 Å². The van der Waals surface area contributed by atoms with Crippen molar-refractivity contribution in [3.63, 3.8) is 0 Å². The summed E-state index contributed by atoms with van der Waals surface area (Å²) in [5.41, 5.74) is 0.723. The number of carbonyl (C=O) groups is 1.